The van der Waals surface area contributed by atoms with Gasteiger partial charge in [-0.3, -0.25) is 9.59 Å². The second kappa shape index (κ2) is 6.75. The third-order valence-corrected chi connectivity index (χ3v) is 7.41. The Bertz CT molecular complexity index is 604. The lowest BCUT2D eigenvalue weighted by molar-refractivity contribution is -0.148. The van der Waals surface area contributed by atoms with Gasteiger partial charge in [-0.15, -0.1) is 0 Å². The summed E-state index contributed by atoms with van der Waals surface area (Å²) in [4.78, 5) is 24.1. The Morgan fingerprint density at radius 3 is 2.44 bits per heavy atom. The van der Waals surface area contributed by atoms with E-state index >= 15 is 0 Å². The highest BCUT2D eigenvalue weighted by Gasteiger charge is 2.53. The number of hydrogen-bond acceptors (Lipinski definition) is 4. The van der Waals surface area contributed by atoms with E-state index in [1.54, 1.807) is 11.3 Å². The van der Waals surface area contributed by atoms with Crippen molar-refractivity contribution in [3.05, 3.63) is 22.4 Å². The standard InChI is InChI=1S/C20H27NO3S/c1-13(20-8-15-4-16(9-20)6-17(5-15)10-20)21-18(22)11-24-19(23)7-14-2-3-25-12-14/h2-3,12-13,15-17H,4-11H2,1H3,(H,21,22)/t13-,15?,16?,17?,20?/m1/s1. The zero-order chi connectivity index (χ0) is 17.4. The number of amides is 1. The summed E-state index contributed by atoms with van der Waals surface area (Å²) in [6.45, 7) is 1.98. The van der Waals surface area contributed by atoms with Gasteiger partial charge in [0.2, 0.25) is 0 Å². The van der Waals surface area contributed by atoms with E-state index in [-0.39, 0.29) is 36.4 Å². The van der Waals surface area contributed by atoms with Crippen LogP contribution in [0.4, 0.5) is 0 Å². The van der Waals surface area contributed by atoms with Crippen molar-refractivity contribution in [1.29, 1.82) is 0 Å². The van der Waals surface area contributed by atoms with Crippen LogP contribution in [0, 0.1) is 23.2 Å². The molecule has 0 aromatic carbocycles. The van der Waals surface area contributed by atoms with Crippen LogP contribution in [0.1, 0.15) is 51.0 Å². The molecule has 0 aliphatic heterocycles. The molecule has 25 heavy (non-hydrogen) atoms. The summed E-state index contributed by atoms with van der Waals surface area (Å²) in [6, 6.07) is 2.07. The molecule has 1 aromatic rings. The van der Waals surface area contributed by atoms with Crippen molar-refractivity contribution in [3.8, 4) is 0 Å². The molecule has 0 spiro atoms. The zero-order valence-corrected chi connectivity index (χ0v) is 15.6. The summed E-state index contributed by atoms with van der Waals surface area (Å²) in [6.07, 6.45) is 8.23. The Balaban J connectivity index is 1.27. The molecule has 5 rings (SSSR count). The number of esters is 1. The van der Waals surface area contributed by atoms with Gasteiger partial charge >= 0.3 is 5.97 Å². The van der Waals surface area contributed by atoms with Crippen LogP contribution in [0.25, 0.3) is 0 Å². The molecule has 0 unspecified atom stereocenters. The minimum Gasteiger partial charge on any atom is -0.455 e. The SMILES string of the molecule is C[C@@H](NC(=O)COC(=O)Cc1ccsc1)C12CC3CC(CC(C3)C1)C2. The third kappa shape index (κ3) is 3.62. The topological polar surface area (TPSA) is 55.4 Å². The van der Waals surface area contributed by atoms with Crippen LogP contribution in [0.2, 0.25) is 0 Å². The second-order valence-electron chi connectivity index (χ2n) is 8.54. The van der Waals surface area contributed by atoms with Gasteiger partial charge in [-0.1, -0.05) is 0 Å². The highest BCUT2D eigenvalue weighted by molar-refractivity contribution is 7.07. The third-order valence-electron chi connectivity index (χ3n) is 6.67. The van der Waals surface area contributed by atoms with Gasteiger partial charge in [0.15, 0.2) is 6.61 Å². The quantitative estimate of drug-likeness (QED) is 0.788. The molecule has 4 nitrogen and oxygen atoms in total. The maximum atomic E-state index is 12.3. The summed E-state index contributed by atoms with van der Waals surface area (Å²) < 4.78 is 5.15. The lowest BCUT2D eigenvalue weighted by atomic mass is 9.48. The molecule has 5 heteroatoms. The highest BCUT2D eigenvalue weighted by atomic mass is 32.1. The van der Waals surface area contributed by atoms with Crippen LogP contribution >= 0.6 is 11.3 Å². The molecule has 4 fully saturated rings. The van der Waals surface area contributed by atoms with E-state index < -0.39 is 0 Å². The molecule has 1 amide bonds. The molecular weight excluding hydrogens is 334 g/mol. The number of ether oxygens (including phenoxy) is 1. The Kier molecular flexibility index (Phi) is 4.61. The van der Waals surface area contributed by atoms with E-state index in [2.05, 4.69) is 12.2 Å². The van der Waals surface area contributed by atoms with E-state index in [1.807, 2.05) is 16.8 Å². The molecule has 4 aliphatic rings. The van der Waals surface area contributed by atoms with Crippen LogP contribution in [0.3, 0.4) is 0 Å². The van der Waals surface area contributed by atoms with Crippen LogP contribution in [-0.2, 0) is 20.7 Å². The molecule has 0 saturated heterocycles. The van der Waals surface area contributed by atoms with Crippen LogP contribution in [-0.4, -0.2) is 24.5 Å². The number of carbonyl (C=O) groups excluding carboxylic acids is 2. The average Bonchev–Trinajstić information content (AvgIpc) is 3.04. The lowest BCUT2D eigenvalue weighted by Crippen LogP contribution is -2.56. The van der Waals surface area contributed by atoms with Crippen molar-refractivity contribution >= 4 is 23.2 Å². The summed E-state index contributed by atoms with van der Waals surface area (Å²) in [5.41, 5.74) is 1.22. The van der Waals surface area contributed by atoms with Gasteiger partial charge in [0.25, 0.3) is 5.91 Å². The zero-order valence-electron chi connectivity index (χ0n) is 14.8. The Morgan fingerprint density at radius 2 is 1.88 bits per heavy atom. The Morgan fingerprint density at radius 1 is 1.24 bits per heavy atom. The minimum absolute atomic E-state index is 0.165. The van der Waals surface area contributed by atoms with Crippen LogP contribution in [0.5, 0.6) is 0 Å². The lowest BCUT2D eigenvalue weighted by Gasteiger charge is -2.59. The van der Waals surface area contributed by atoms with Gasteiger partial charge in [-0.2, -0.15) is 11.3 Å². The highest BCUT2D eigenvalue weighted by Crippen LogP contribution is 2.61. The fourth-order valence-electron chi connectivity index (χ4n) is 5.90. The van der Waals surface area contributed by atoms with Gasteiger partial charge in [0, 0.05) is 6.04 Å². The minimum atomic E-state index is -0.337. The molecule has 136 valence electrons. The first-order chi connectivity index (χ1) is 12.0. The monoisotopic (exact) mass is 361 g/mol. The van der Waals surface area contributed by atoms with Crippen LogP contribution < -0.4 is 5.32 Å². The van der Waals surface area contributed by atoms with Crippen molar-refractivity contribution in [2.75, 3.05) is 6.61 Å². The van der Waals surface area contributed by atoms with Gasteiger partial charge < -0.3 is 10.1 Å². The van der Waals surface area contributed by atoms with Crippen molar-refractivity contribution in [3.63, 3.8) is 0 Å². The van der Waals surface area contributed by atoms with Gasteiger partial charge in [-0.25, -0.2) is 0 Å². The fraction of sp³-hybridized carbons (Fsp3) is 0.700. The van der Waals surface area contributed by atoms with Crippen molar-refractivity contribution < 1.29 is 14.3 Å². The Hall–Kier alpha value is -1.36. The smallest absolute Gasteiger partial charge is 0.310 e. The number of thiophene rings is 1. The van der Waals surface area contributed by atoms with Crippen LogP contribution in [0.15, 0.2) is 16.8 Å². The average molecular weight is 362 g/mol. The Labute approximate surface area is 153 Å². The van der Waals surface area contributed by atoms with Crippen molar-refractivity contribution in [2.45, 2.75) is 57.9 Å². The molecule has 1 atom stereocenters. The maximum absolute atomic E-state index is 12.3. The van der Waals surface area contributed by atoms with E-state index in [0.717, 1.165) is 23.3 Å². The van der Waals surface area contributed by atoms with Crippen molar-refractivity contribution in [1.82, 2.24) is 5.32 Å². The molecular formula is C20H27NO3S. The first-order valence-corrected chi connectivity index (χ1v) is 10.4. The van der Waals surface area contributed by atoms with Gasteiger partial charge in [0.05, 0.1) is 6.42 Å². The predicted octanol–water partition coefficient (Wildman–Crippen LogP) is 3.55. The maximum Gasteiger partial charge on any atom is 0.310 e. The summed E-state index contributed by atoms with van der Waals surface area (Å²) in [5.74, 6) is 2.11. The second-order valence-corrected chi connectivity index (χ2v) is 9.32. The summed E-state index contributed by atoms with van der Waals surface area (Å²) in [7, 11) is 0. The van der Waals surface area contributed by atoms with E-state index in [4.69, 9.17) is 4.74 Å². The molecule has 4 bridgehead atoms. The molecule has 4 saturated carbocycles. The largest absolute Gasteiger partial charge is 0.455 e. The molecule has 4 aliphatic carbocycles. The van der Waals surface area contributed by atoms with E-state index in [0.29, 0.717) is 0 Å². The molecule has 1 N–H and O–H groups in total. The van der Waals surface area contributed by atoms with Crippen molar-refractivity contribution in [2.24, 2.45) is 23.2 Å². The normalized spacial score (nSPS) is 33.9. The fourth-order valence-corrected chi connectivity index (χ4v) is 6.57. The molecule has 1 heterocycles. The van der Waals surface area contributed by atoms with E-state index in [9.17, 15) is 9.59 Å². The summed E-state index contributed by atoms with van der Waals surface area (Å²) >= 11 is 1.55. The number of carbonyl (C=O) groups is 2. The molecule has 0 radical (unpaired) electrons. The summed E-state index contributed by atoms with van der Waals surface area (Å²) in [5, 5.41) is 7.00. The first-order valence-electron chi connectivity index (χ1n) is 9.48. The number of hydrogen-bond donors (Lipinski definition) is 1. The first kappa shape index (κ1) is 17.1. The van der Waals surface area contributed by atoms with Gasteiger partial charge in [-0.05, 0) is 91.0 Å². The molecule has 1 aromatic heterocycles. The van der Waals surface area contributed by atoms with Gasteiger partial charge in [0.1, 0.15) is 0 Å². The number of rotatable bonds is 6. The van der Waals surface area contributed by atoms with E-state index in [1.165, 1.54) is 38.5 Å². The predicted molar refractivity (Wildman–Crippen MR) is 97.2 cm³/mol. The number of nitrogens with one attached hydrogen (secondary N) is 1.